The van der Waals surface area contributed by atoms with Gasteiger partial charge in [0.2, 0.25) is 6.29 Å². The molecular weight excluding hydrogens is 244 g/mol. The highest BCUT2D eigenvalue weighted by molar-refractivity contribution is 6.23. The number of amides is 1. The Morgan fingerprint density at radius 3 is 2.63 bits per heavy atom. The number of nitriles is 1. The zero-order chi connectivity index (χ0) is 14.1. The molecule has 0 atom stereocenters. The first-order valence-electron chi connectivity index (χ1n) is 6.08. The van der Waals surface area contributed by atoms with Crippen molar-refractivity contribution in [3.8, 4) is 11.8 Å². The molecule has 0 spiro atoms. The Balaban J connectivity index is 2.32. The molecule has 19 heavy (non-hydrogen) atoms. The maximum absolute atomic E-state index is 11.2. The zero-order valence-corrected chi connectivity index (χ0v) is 10.8. The summed E-state index contributed by atoms with van der Waals surface area (Å²) < 4.78 is 5.48. The topological polar surface area (TPSA) is 70.4 Å². The zero-order valence-electron chi connectivity index (χ0n) is 10.8. The number of carbonyl (C=O) groups excluding carboxylic acids is 2. The van der Waals surface area contributed by atoms with Crippen LogP contribution < -0.4 is 4.74 Å². The van der Waals surface area contributed by atoms with Crippen molar-refractivity contribution in [1.29, 1.82) is 5.26 Å². The molecular formula is C14H16N2O3. The van der Waals surface area contributed by atoms with E-state index in [0.717, 1.165) is 0 Å². The van der Waals surface area contributed by atoms with Crippen LogP contribution in [0.25, 0.3) is 0 Å². The Kier molecular flexibility index (Phi) is 6.10. The molecule has 0 aliphatic rings. The molecule has 5 nitrogen and oxygen atoms in total. The molecule has 5 heteroatoms. The van der Waals surface area contributed by atoms with E-state index in [-0.39, 0.29) is 0 Å². The number of carbonyl (C=O) groups is 2. The number of hydrogen-bond acceptors (Lipinski definition) is 4. The van der Waals surface area contributed by atoms with E-state index in [9.17, 15) is 9.59 Å². The molecule has 0 N–H and O–H groups in total. The lowest BCUT2D eigenvalue weighted by Crippen LogP contribution is -2.33. The van der Waals surface area contributed by atoms with Crippen molar-refractivity contribution in [3.63, 3.8) is 0 Å². The average molecular weight is 260 g/mol. The normalized spacial score (nSPS) is 9.47. The van der Waals surface area contributed by atoms with Crippen molar-refractivity contribution in [2.45, 2.75) is 13.3 Å². The monoisotopic (exact) mass is 260 g/mol. The second-order valence-electron chi connectivity index (χ2n) is 3.87. The third-order valence-corrected chi connectivity index (χ3v) is 2.62. The minimum absolute atomic E-state index is 0.324. The van der Waals surface area contributed by atoms with Gasteiger partial charge in [-0.25, -0.2) is 0 Å². The minimum Gasteiger partial charge on any atom is -0.494 e. The van der Waals surface area contributed by atoms with Crippen LogP contribution in [0.5, 0.6) is 5.75 Å². The van der Waals surface area contributed by atoms with E-state index in [1.54, 1.807) is 24.3 Å². The summed E-state index contributed by atoms with van der Waals surface area (Å²) in [7, 11) is 0. The third kappa shape index (κ3) is 4.80. The van der Waals surface area contributed by atoms with Gasteiger partial charge in [0.25, 0.3) is 5.91 Å². The van der Waals surface area contributed by atoms with Gasteiger partial charge in [0, 0.05) is 13.1 Å². The maximum atomic E-state index is 11.2. The molecule has 0 radical (unpaired) electrons. The molecule has 1 aromatic carbocycles. The SMILES string of the molecule is CCN(CCCOc1ccc(C#N)cc1)C(=O)C=O. The van der Waals surface area contributed by atoms with Crippen LogP contribution in [0.2, 0.25) is 0 Å². The molecule has 1 amide bonds. The van der Waals surface area contributed by atoms with E-state index in [1.165, 1.54) is 4.90 Å². The summed E-state index contributed by atoms with van der Waals surface area (Å²) in [6.07, 6.45) is 0.971. The van der Waals surface area contributed by atoms with Crippen molar-refractivity contribution in [2.75, 3.05) is 19.7 Å². The Labute approximate surface area is 112 Å². The molecule has 0 unspecified atom stereocenters. The van der Waals surface area contributed by atoms with Gasteiger partial charge in [0.1, 0.15) is 5.75 Å². The van der Waals surface area contributed by atoms with E-state index in [0.29, 0.717) is 43.7 Å². The second kappa shape index (κ2) is 7.88. The predicted octanol–water partition coefficient (Wildman–Crippen LogP) is 1.37. The van der Waals surface area contributed by atoms with Gasteiger partial charge in [0.15, 0.2) is 0 Å². The Morgan fingerprint density at radius 1 is 1.42 bits per heavy atom. The first kappa shape index (κ1) is 14.7. The fourth-order valence-corrected chi connectivity index (χ4v) is 1.57. The van der Waals surface area contributed by atoms with Crippen LogP contribution in [0.15, 0.2) is 24.3 Å². The molecule has 0 aliphatic carbocycles. The van der Waals surface area contributed by atoms with Gasteiger partial charge >= 0.3 is 0 Å². The largest absolute Gasteiger partial charge is 0.494 e. The van der Waals surface area contributed by atoms with E-state index in [2.05, 4.69) is 0 Å². The molecule has 0 fully saturated rings. The predicted molar refractivity (Wildman–Crippen MR) is 69.6 cm³/mol. The van der Waals surface area contributed by atoms with Crippen LogP contribution >= 0.6 is 0 Å². The van der Waals surface area contributed by atoms with Crippen molar-refractivity contribution >= 4 is 12.2 Å². The van der Waals surface area contributed by atoms with Crippen LogP contribution in [0.1, 0.15) is 18.9 Å². The average Bonchev–Trinajstić information content (AvgIpc) is 2.47. The number of likely N-dealkylation sites (N-methyl/N-ethyl adjacent to an activating group) is 1. The van der Waals surface area contributed by atoms with Crippen molar-refractivity contribution in [2.24, 2.45) is 0 Å². The summed E-state index contributed by atoms with van der Waals surface area (Å²) in [5, 5.41) is 8.65. The van der Waals surface area contributed by atoms with E-state index < -0.39 is 5.91 Å². The highest BCUT2D eigenvalue weighted by Crippen LogP contribution is 2.11. The number of hydrogen-bond donors (Lipinski definition) is 0. The quantitative estimate of drug-likeness (QED) is 0.422. The maximum Gasteiger partial charge on any atom is 0.286 e. The summed E-state index contributed by atoms with van der Waals surface area (Å²) in [6, 6.07) is 8.86. The van der Waals surface area contributed by atoms with Gasteiger partial charge in [0.05, 0.1) is 18.2 Å². The summed E-state index contributed by atoms with van der Waals surface area (Å²) in [5.74, 6) is 0.185. The highest BCUT2D eigenvalue weighted by Gasteiger charge is 2.09. The van der Waals surface area contributed by atoms with E-state index in [4.69, 9.17) is 10.00 Å². The van der Waals surface area contributed by atoms with Gasteiger partial charge in [-0.05, 0) is 37.6 Å². The van der Waals surface area contributed by atoms with Crippen LogP contribution in [-0.2, 0) is 9.59 Å². The fourth-order valence-electron chi connectivity index (χ4n) is 1.57. The van der Waals surface area contributed by atoms with Crippen molar-refractivity contribution in [3.05, 3.63) is 29.8 Å². The summed E-state index contributed by atoms with van der Waals surface area (Å²) in [5.41, 5.74) is 0.584. The van der Waals surface area contributed by atoms with Crippen molar-refractivity contribution in [1.82, 2.24) is 4.90 Å². The van der Waals surface area contributed by atoms with Gasteiger partial charge in [-0.3, -0.25) is 9.59 Å². The minimum atomic E-state index is -0.499. The molecule has 0 heterocycles. The molecule has 100 valence electrons. The Hall–Kier alpha value is -2.35. The standard InChI is InChI=1S/C14H16N2O3/c1-2-16(14(18)11-17)8-3-9-19-13-6-4-12(10-15)5-7-13/h4-7,11H,2-3,8-9H2,1H3. The smallest absolute Gasteiger partial charge is 0.286 e. The molecule has 0 aliphatic heterocycles. The van der Waals surface area contributed by atoms with Crippen LogP contribution in [0.4, 0.5) is 0 Å². The number of nitrogens with zero attached hydrogens (tertiary/aromatic N) is 2. The molecule has 0 saturated heterocycles. The van der Waals surface area contributed by atoms with Crippen LogP contribution in [-0.4, -0.2) is 36.8 Å². The fraction of sp³-hybridized carbons (Fsp3) is 0.357. The molecule has 1 aromatic rings. The highest BCUT2D eigenvalue weighted by atomic mass is 16.5. The lowest BCUT2D eigenvalue weighted by Gasteiger charge is -2.17. The second-order valence-corrected chi connectivity index (χ2v) is 3.87. The third-order valence-electron chi connectivity index (χ3n) is 2.62. The summed E-state index contributed by atoms with van der Waals surface area (Å²) >= 11 is 0. The number of benzene rings is 1. The van der Waals surface area contributed by atoms with E-state index >= 15 is 0 Å². The number of ether oxygens (including phenoxy) is 1. The molecule has 0 saturated carbocycles. The number of rotatable bonds is 7. The lowest BCUT2D eigenvalue weighted by molar-refractivity contribution is -0.138. The molecule has 0 bridgehead atoms. The van der Waals surface area contributed by atoms with Crippen LogP contribution in [0, 0.1) is 11.3 Å². The molecule has 0 aromatic heterocycles. The summed E-state index contributed by atoms with van der Waals surface area (Å²) in [4.78, 5) is 23.0. The first-order chi connectivity index (χ1) is 9.21. The first-order valence-corrected chi connectivity index (χ1v) is 6.08. The van der Waals surface area contributed by atoms with Gasteiger partial charge in [-0.15, -0.1) is 0 Å². The summed E-state index contributed by atoms with van der Waals surface area (Å²) in [6.45, 7) is 3.27. The van der Waals surface area contributed by atoms with Gasteiger partial charge in [-0.2, -0.15) is 5.26 Å². The number of aldehydes is 1. The van der Waals surface area contributed by atoms with E-state index in [1.807, 2.05) is 13.0 Å². The van der Waals surface area contributed by atoms with Crippen molar-refractivity contribution < 1.29 is 14.3 Å². The Bertz CT molecular complexity index is 463. The van der Waals surface area contributed by atoms with Crippen LogP contribution in [0.3, 0.4) is 0 Å². The Morgan fingerprint density at radius 2 is 2.11 bits per heavy atom. The molecule has 1 rings (SSSR count). The van der Waals surface area contributed by atoms with Gasteiger partial charge < -0.3 is 9.64 Å². The van der Waals surface area contributed by atoms with Gasteiger partial charge in [-0.1, -0.05) is 0 Å². The lowest BCUT2D eigenvalue weighted by atomic mass is 10.2.